The summed E-state index contributed by atoms with van der Waals surface area (Å²) < 4.78 is 34.5. The molecule has 1 unspecified atom stereocenters. The van der Waals surface area contributed by atoms with Crippen molar-refractivity contribution in [1.82, 2.24) is 13.9 Å². The molecule has 0 bridgehead atoms. The molecule has 0 aliphatic carbocycles. The molecular weight excluding hydrogens is 378 g/mol. The second kappa shape index (κ2) is 9.71. The summed E-state index contributed by atoms with van der Waals surface area (Å²) >= 11 is 0. The van der Waals surface area contributed by atoms with Crippen molar-refractivity contribution < 1.29 is 17.9 Å². The number of hydrogen-bond acceptors (Lipinski definition) is 4. The van der Waals surface area contributed by atoms with E-state index in [0.29, 0.717) is 39.0 Å². The minimum atomic E-state index is -3.49. The van der Waals surface area contributed by atoms with E-state index in [4.69, 9.17) is 4.74 Å². The summed E-state index contributed by atoms with van der Waals surface area (Å²) in [7, 11) is -1.88. The van der Waals surface area contributed by atoms with Crippen LogP contribution in [0.2, 0.25) is 0 Å². The quantitative estimate of drug-likeness (QED) is 0.781. The first-order chi connectivity index (χ1) is 13.5. The van der Waals surface area contributed by atoms with Gasteiger partial charge in [-0.3, -0.25) is 4.79 Å². The standard InChI is InChI=1S/C20H31N3O4S/c1-27-19-11-5-4-9-17(19)15-21-20(24)18-10-8-14-23(16-18)28(25,26)22-12-6-2-3-7-13-22/h4-5,9,11,18H,2-3,6-8,10,12-16H2,1H3,(H,21,24). The van der Waals surface area contributed by atoms with Crippen molar-refractivity contribution in [1.29, 1.82) is 0 Å². The highest BCUT2D eigenvalue weighted by Crippen LogP contribution is 2.24. The molecule has 156 valence electrons. The highest BCUT2D eigenvalue weighted by Gasteiger charge is 2.35. The van der Waals surface area contributed by atoms with Gasteiger partial charge in [-0.1, -0.05) is 31.0 Å². The lowest BCUT2D eigenvalue weighted by molar-refractivity contribution is -0.126. The van der Waals surface area contributed by atoms with Crippen LogP contribution in [0.15, 0.2) is 24.3 Å². The third-order valence-electron chi connectivity index (χ3n) is 5.62. The molecule has 1 aromatic carbocycles. The lowest BCUT2D eigenvalue weighted by Crippen LogP contribution is -2.50. The molecule has 1 atom stereocenters. The molecule has 8 heteroatoms. The van der Waals surface area contributed by atoms with Gasteiger partial charge in [0, 0.05) is 38.3 Å². The minimum absolute atomic E-state index is 0.0957. The second-order valence-electron chi connectivity index (χ2n) is 7.55. The SMILES string of the molecule is COc1ccccc1CNC(=O)C1CCCN(S(=O)(=O)N2CCCCCC2)C1. The van der Waals surface area contributed by atoms with Crippen molar-refractivity contribution in [3.63, 3.8) is 0 Å². The van der Waals surface area contributed by atoms with E-state index < -0.39 is 10.2 Å². The van der Waals surface area contributed by atoms with Gasteiger partial charge in [-0.15, -0.1) is 0 Å². The van der Waals surface area contributed by atoms with Gasteiger partial charge in [0.1, 0.15) is 5.75 Å². The summed E-state index contributed by atoms with van der Waals surface area (Å²) in [4.78, 5) is 12.7. The maximum Gasteiger partial charge on any atom is 0.281 e. The van der Waals surface area contributed by atoms with E-state index in [1.165, 1.54) is 4.31 Å². The fraction of sp³-hybridized carbons (Fsp3) is 0.650. The average Bonchev–Trinajstić information content (AvgIpc) is 3.02. The zero-order chi connectivity index (χ0) is 20.0. The number of carbonyl (C=O) groups is 1. The van der Waals surface area contributed by atoms with Crippen LogP contribution in [0.3, 0.4) is 0 Å². The Morgan fingerprint density at radius 1 is 1.07 bits per heavy atom. The first-order valence-corrected chi connectivity index (χ1v) is 11.6. The summed E-state index contributed by atoms with van der Waals surface area (Å²) in [5.74, 6) is 0.323. The van der Waals surface area contributed by atoms with Crippen LogP contribution in [0.25, 0.3) is 0 Å². The van der Waals surface area contributed by atoms with E-state index in [0.717, 1.165) is 37.0 Å². The Morgan fingerprint density at radius 3 is 2.46 bits per heavy atom. The Morgan fingerprint density at radius 2 is 1.75 bits per heavy atom. The van der Waals surface area contributed by atoms with Gasteiger partial charge in [0.05, 0.1) is 13.0 Å². The normalized spacial score (nSPS) is 22.4. The van der Waals surface area contributed by atoms with Crippen LogP contribution in [-0.4, -0.2) is 56.2 Å². The minimum Gasteiger partial charge on any atom is -0.496 e. The number of ether oxygens (including phenoxy) is 1. The second-order valence-corrected chi connectivity index (χ2v) is 9.48. The van der Waals surface area contributed by atoms with E-state index in [1.54, 1.807) is 11.4 Å². The molecule has 0 saturated carbocycles. The van der Waals surface area contributed by atoms with Crippen LogP contribution in [0, 0.1) is 5.92 Å². The zero-order valence-electron chi connectivity index (χ0n) is 16.6. The smallest absolute Gasteiger partial charge is 0.281 e. The first-order valence-electron chi connectivity index (χ1n) is 10.2. The van der Waals surface area contributed by atoms with Crippen molar-refractivity contribution in [3.8, 4) is 5.75 Å². The number of methoxy groups -OCH3 is 1. The molecule has 2 aliphatic rings. The monoisotopic (exact) mass is 409 g/mol. The number of rotatable bonds is 6. The lowest BCUT2D eigenvalue weighted by atomic mass is 9.98. The molecule has 7 nitrogen and oxygen atoms in total. The van der Waals surface area contributed by atoms with E-state index in [-0.39, 0.29) is 18.4 Å². The van der Waals surface area contributed by atoms with E-state index in [1.807, 2.05) is 24.3 Å². The Kier molecular flexibility index (Phi) is 7.31. The van der Waals surface area contributed by atoms with Gasteiger partial charge < -0.3 is 10.1 Å². The van der Waals surface area contributed by atoms with Crippen molar-refractivity contribution in [2.24, 2.45) is 5.92 Å². The Hall–Kier alpha value is -1.64. The van der Waals surface area contributed by atoms with Crippen LogP contribution >= 0.6 is 0 Å². The van der Waals surface area contributed by atoms with Crippen molar-refractivity contribution in [3.05, 3.63) is 29.8 Å². The lowest BCUT2D eigenvalue weighted by Gasteiger charge is -2.34. The predicted molar refractivity (Wildman–Crippen MR) is 108 cm³/mol. The molecule has 0 radical (unpaired) electrons. The molecule has 2 heterocycles. The van der Waals surface area contributed by atoms with Crippen molar-refractivity contribution in [2.75, 3.05) is 33.3 Å². The number of nitrogens with one attached hydrogen (secondary N) is 1. The fourth-order valence-electron chi connectivity index (χ4n) is 3.98. The zero-order valence-corrected chi connectivity index (χ0v) is 17.4. The molecule has 28 heavy (non-hydrogen) atoms. The summed E-state index contributed by atoms with van der Waals surface area (Å²) in [5.41, 5.74) is 0.906. The van der Waals surface area contributed by atoms with Crippen LogP contribution in [-0.2, 0) is 21.5 Å². The van der Waals surface area contributed by atoms with Gasteiger partial charge in [0.25, 0.3) is 10.2 Å². The Balaban J connectivity index is 1.60. The van der Waals surface area contributed by atoms with Gasteiger partial charge in [0.2, 0.25) is 5.91 Å². The molecule has 0 aromatic heterocycles. The number of piperidine rings is 1. The number of benzene rings is 1. The van der Waals surface area contributed by atoms with Gasteiger partial charge in [-0.25, -0.2) is 0 Å². The van der Waals surface area contributed by atoms with Gasteiger partial charge in [0.15, 0.2) is 0 Å². The fourth-order valence-corrected chi connectivity index (χ4v) is 5.75. The molecule has 3 rings (SSSR count). The van der Waals surface area contributed by atoms with E-state index in [2.05, 4.69) is 5.32 Å². The topological polar surface area (TPSA) is 79.0 Å². The van der Waals surface area contributed by atoms with E-state index in [9.17, 15) is 13.2 Å². The summed E-state index contributed by atoms with van der Waals surface area (Å²) in [6.45, 7) is 2.30. The number of carbonyl (C=O) groups excluding carboxylic acids is 1. The van der Waals surface area contributed by atoms with Crippen LogP contribution < -0.4 is 10.1 Å². The molecule has 2 saturated heterocycles. The van der Waals surface area contributed by atoms with Crippen LogP contribution in [0.1, 0.15) is 44.1 Å². The largest absolute Gasteiger partial charge is 0.496 e. The summed E-state index contributed by atoms with van der Waals surface area (Å²) in [6.07, 6.45) is 5.41. The number of hydrogen-bond donors (Lipinski definition) is 1. The van der Waals surface area contributed by atoms with Crippen LogP contribution in [0.4, 0.5) is 0 Å². The molecule has 1 aromatic rings. The maximum absolute atomic E-state index is 13.0. The molecular formula is C20H31N3O4S. The molecule has 1 amide bonds. The molecule has 2 fully saturated rings. The van der Waals surface area contributed by atoms with Gasteiger partial charge >= 0.3 is 0 Å². The van der Waals surface area contributed by atoms with E-state index >= 15 is 0 Å². The maximum atomic E-state index is 13.0. The number of amides is 1. The third-order valence-corrected chi connectivity index (χ3v) is 7.62. The molecule has 2 aliphatic heterocycles. The van der Waals surface area contributed by atoms with Gasteiger partial charge in [-0.05, 0) is 31.7 Å². The summed E-state index contributed by atoms with van der Waals surface area (Å²) in [6, 6.07) is 7.56. The van der Waals surface area contributed by atoms with Crippen LogP contribution in [0.5, 0.6) is 5.75 Å². The summed E-state index contributed by atoms with van der Waals surface area (Å²) in [5, 5.41) is 2.95. The molecule has 1 N–H and O–H groups in total. The highest BCUT2D eigenvalue weighted by molar-refractivity contribution is 7.86. The van der Waals surface area contributed by atoms with Crippen molar-refractivity contribution in [2.45, 2.75) is 45.1 Å². The number of nitrogens with zero attached hydrogens (tertiary/aromatic N) is 2. The van der Waals surface area contributed by atoms with Gasteiger partial charge in [-0.2, -0.15) is 17.0 Å². The Labute approximate surface area is 168 Å². The number of para-hydroxylation sites is 1. The third kappa shape index (κ3) is 5.04. The molecule has 0 spiro atoms. The first kappa shape index (κ1) is 21.1. The highest BCUT2D eigenvalue weighted by atomic mass is 32.2. The Bertz CT molecular complexity index is 760. The average molecular weight is 410 g/mol. The predicted octanol–water partition coefficient (Wildman–Crippen LogP) is 2.14. The van der Waals surface area contributed by atoms with Crippen molar-refractivity contribution >= 4 is 16.1 Å².